The summed E-state index contributed by atoms with van der Waals surface area (Å²) in [6.07, 6.45) is 1.83. The van der Waals surface area contributed by atoms with Crippen molar-refractivity contribution < 1.29 is 17.5 Å². The molecule has 26 heavy (non-hydrogen) atoms. The minimum atomic E-state index is -4.23. The first-order valence-corrected chi connectivity index (χ1v) is 9.13. The second-order valence-electron chi connectivity index (χ2n) is 5.54. The number of aromatic nitrogens is 1. The van der Waals surface area contributed by atoms with Crippen LogP contribution in [0, 0.1) is 0 Å². The van der Waals surface area contributed by atoms with Crippen molar-refractivity contribution in [1.29, 1.82) is 0 Å². The van der Waals surface area contributed by atoms with Gasteiger partial charge in [0.15, 0.2) is 11.5 Å². The number of carbonyl (C=O) groups excluding carboxylic acids is 1. The van der Waals surface area contributed by atoms with E-state index in [1.54, 1.807) is 18.2 Å². The van der Waals surface area contributed by atoms with Crippen LogP contribution in [-0.2, 0) is 14.4 Å². The number of nitrogens with one attached hydrogen (secondary N) is 1. The number of rotatable bonds is 6. The van der Waals surface area contributed by atoms with Gasteiger partial charge < -0.3 is 16.5 Å². The Bertz CT molecular complexity index is 1100. The van der Waals surface area contributed by atoms with Crippen LogP contribution in [0.2, 0.25) is 0 Å². The molecule has 2 aromatic carbocycles. The van der Waals surface area contributed by atoms with E-state index < -0.39 is 27.6 Å². The number of fused-ring (bicyclic) bond motifs is 1. The summed E-state index contributed by atoms with van der Waals surface area (Å²) in [5.41, 5.74) is 13.0. The molecule has 1 aromatic heterocycles. The normalized spacial score (nSPS) is 11.2. The molecule has 9 heteroatoms. The van der Waals surface area contributed by atoms with Gasteiger partial charge in [0.1, 0.15) is 0 Å². The molecule has 0 spiro atoms. The van der Waals surface area contributed by atoms with E-state index in [1.807, 2.05) is 36.5 Å². The Balaban J connectivity index is 1.89. The molecule has 0 amide bonds. The van der Waals surface area contributed by atoms with E-state index in [0.29, 0.717) is 0 Å². The molecule has 0 atom stereocenters. The van der Waals surface area contributed by atoms with E-state index in [-0.39, 0.29) is 5.56 Å². The molecule has 0 aliphatic heterocycles. The highest BCUT2D eigenvalue weighted by Crippen LogP contribution is 2.28. The fourth-order valence-corrected chi connectivity index (χ4v) is 3.31. The molecule has 0 aliphatic rings. The van der Waals surface area contributed by atoms with Crippen LogP contribution < -0.4 is 11.5 Å². The molecular weight excluding hydrogens is 356 g/mol. The van der Waals surface area contributed by atoms with Crippen molar-refractivity contribution in [1.82, 2.24) is 4.98 Å². The number of guanidine groups is 1. The summed E-state index contributed by atoms with van der Waals surface area (Å²) in [6, 6.07) is 14.4. The number of benzene rings is 2. The van der Waals surface area contributed by atoms with Crippen LogP contribution in [0.1, 0.15) is 10.4 Å². The second-order valence-corrected chi connectivity index (χ2v) is 7.09. The zero-order valence-corrected chi connectivity index (χ0v) is 14.4. The van der Waals surface area contributed by atoms with E-state index in [2.05, 4.69) is 14.4 Å². The highest BCUT2D eigenvalue weighted by atomic mass is 32.2. The third kappa shape index (κ3) is 3.83. The highest BCUT2D eigenvalue weighted by molar-refractivity contribution is 7.87. The Morgan fingerprint density at radius 3 is 2.65 bits per heavy atom. The van der Waals surface area contributed by atoms with Crippen molar-refractivity contribution in [2.45, 2.75) is 0 Å². The number of nitrogens with two attached hydrogens (primary N) is 2. The molecule has 3 aromatic rings. The minimum absolute atomic E-state index is 0.243. The zero-order chi connectivity index (χ0) is 18.7. The molecule has 0 unspecified atom stereocenters. The number of aromatic amines is 1. The molecule has 134 valence electrons. The minimum Gasteiger partial charge on any atom is -0.367 e. The van der Waals surface area contributed by atoms with Crippen LogP contribution in [-0.4, -0.2) is 30.9 Å². The fourth-order valence-electron chi connectivity index (χ4n) is 2.57. The average Bonchev–Trinajstić information content (AvgIpc) is 3.08. The summed E-state index contributed by atoms with van der Waals surface area (Å²) in [7, 11) is -4.23. The van der Waals surface area contributed by atoms with Crippen molar-refractivity contribution in [3.8, 4) is 11.1 Å². The number of Topliss-reactive ketones (excluding diaryl/α,β-unsaturated/α-hetero) is 1. The van der Waals surface area contributed by atoms with Crippen LogP contribution in [0.3, 0.4) is 0 Å². The quantitative estimate of drug-likeness (QED) is 0.259. The largest absolute Gasteiger partial charge is 0.367 e. The van der Waals surface area contributed by atoms with Crippen LogP contribution in [0.4, 0.5) is 0 Å². The molecule has 3 rings (SSSR count). The van der Waals surface area contributed by atoms with Gasteiger partial charge in [0.2, 0.25) is 5.96 Å². The Labute approximate surface area is 149 Å². The predicted molar refractivity (Wildman–Crippen MR) is 98.7 cm³/mol. The first kappa shape index (κ1) is 17.5. The Kier molecular flexibility index (Phi) is 4.63. The van der Waals surface area contributed by atoms with Gasteiger partial charge in [-0.05, 0) is 34.5 Å². The third-order valence-electron chi connectivity index (χ3n) is 3.65. The average molecular weight is 372 g/mol. The lowest BCUT2D eigenvalue weighted by Gasteiger charge is -2.07. The van der Waals surface area contributed by atoms with E-state index in [9.17, 15) is 13.2 Å². The smallest absolute Gasteiger partial charge is 0.336 e. The molecule has 0 fully saturated rings. The maximum Gasteiger partial charge on any atom is 0.336 e. The van der Waals surface area contributed by atoms with Crippen molar-refractivity contribution in [3.05, 3.63) is 60.3 Å². The van der Waals surface area contributed by atoms with Crippen LogP contribution >= 0.6 is 0 Å². The standard InChI is InChI=1S/C17H16N4O4S/c18-17(19)21-25-26(23,24)10-16(22)12-4-1-3-11(9-12)13-5-2-6-15-14(13)7-8-20-15/h1-9,20H,10H2,(H4,18,19,21). The number of ketones is 1. The van der Waals surface area contributed by atoms with Crippen molar-refractivity contribution >= 4 is 32.8 Å². The summed E-state index contributed by atoms with van der Waals surface area (Å²) >= 11 is 0. The Morgan fingerprint density at radius 1 is 1.12 bits per heavy atom. The third-order valence-corrected chi connectivity index (χ3v) is 4.57. The van der Waals surface area contributed by atoms with E-state index >= 15 is 0 Å². The number of H-pyrrole nitrogens is 1. The first-order chi connectivity index (χ1) is 12.4. The maximum absolute atomic E-state index is 12.3. The molecule has 0 saturated carbocycles. The summed E-state index contributed by atoms with van der Waals surface area (Å²) < 4.78 is 27.7. The van der Waals surface area contributed by atoms with Crippen LogP contribution in [0.5, 0.6) is 0 Å². The van der Waals surface area contributed by atoms with E-state index in [4.69, 9.17) is 11.5 Å². The van der Waals surface area contributed by atoms with Gasteiger partial charge in [0.05, 0.1) is 0 Å². The van der Waals surface area contributed by atoms with Gasteiger partial charge in [-0.1, -0.05) is 30.3 Å². The molecular formula is C17H16N4O4S. The van der Waals surface area contributed by atoms with Crippen LogP contribution in [0.25, 0.3) is 22.0 Å². The number of carbonyl (C=O) groups is 1. The number of oxime groups is 1. The summed E-state index contributed by atoms with van der Waals surface area (Å²) in [4.78, 5) is 15.5. The molecule has 1 heterocycles. The van der Waals surface area contributed by atoms with Crippen LogP contribution in [0.15, 0.2) is 59.9 Å². The van der Waals surface area contributed by atoms with Gasteiger partial charge in [-0.2, -0.15) is 8.42 Å². The van der Waals surface area contributed by atoms with Gasteiger partial charge in [0, 0.05) is 22.7 Å². The second kappa shape index (κ2) is 6.89. The maximum atomic E-state index is 12.3. The molecule has 0 saturated heterocycles. The lowest BCUT2D eigenvalue weighted by atomic mass is 9.99. The van der Waals surface area contributed by atoms with Gasteiger partial charge in [0.25, 0.3) is 0 Å². The van der Waals surface area contributed by atoms with Gasteiger partial charge in [-0.25, -0.2) is 0 Å². The van der Waals surface area contributed by atoms with Crippen molar-refractivity contribution in [2.75, 3.05) is 5.75 Å². The van der Waals surface area contributed by atoms with Crippen molar-refractivity contribution in [3.63, 3.8) is 0 Å². The molecule has 5 N–H and O–H groups in total. The number of hydrogen-bond donors (Lipinski definition) is 3. The fraction of sp³-hybridized carbons (Fsp3) is 0.0588. The summed E-state index contributed by atoms with van der Waals surface area (Å²) in [6.45, 7) is 0. The topological polar surface area (TPSA) is 141 Å². The lowest BCUT2D eigenvalue weighted by Crippen LogP contribution is -2.25. The summed E-state index contributed by atoms with van der Waals surface area (Å²) in [5, 5.41) is 3.97. The van der Waals surface area contributed by atoms with E-state index in [0.717, 1.165) is 22.0 Å². The molecule has 0 aliphatic carbocycles. The SMILES string of the molecule is NC(N)=NOS(=O)(=O)CC(=O)c1cccc(-c2cccc3[nH]ccc23)c1. The number of hydrogen-bond acceptors (Lipinski definition) is 5. The molecule has 0 bridgehead atoms. The monoisotopic (exact) mass is 372 g/mol. The van der Waals surface area contributed by atoms with Gasteiger partial charge in [-0.3, -0.25) is 9.08 Å². The predicted octanol–water partition coefficient (Wildman–Crippen LogP) is 1.55. The Morgan fingerprint density at radius 2 is 1.88 bits per heavy atom. The van der Waals surface area contributed by atoms with Gasteiger partial charge >= 0.3 is 10.1 Å². The highest BCUT2D eigenvalue weighted by Gasteiger charge is 2.20. The zero-order valence-electron chi connectivity index (χ0n) is 13.5. The first-order valence-electron chi connectivity index (χ1n) is 7.56. The van der Waals surface area contributed by atoms with Crippen molar-refractivity contribution in [2.24, 2.45) is 16.6 Å². The molecule has 8 nitrogen and oxygen atoms in total. The lowest BCUT2D eigenvalue weighted by molar-refractivity contribution is 0.101. The Hall–Kier alpha value is -3.33. The molecule has 0 radical (unpaired) electrons. The summed E-state index contributed by atoms with van der Waals surface area (Å²) in [5.74, 6) is -2.05. The van der Waals surface area contributed by atoms with Gasteiger partial charge in [-0.15, -0.1) is 0 Å². The van der Waals surface area contributed by atoms with E-state index in [1.165, 1.54) is 0 Å². The number of nitrogens with zero attached hydrogens (tertiary/aromatic N) is 1.